The van der Waals surface area contributed by atoms with Gasteiger partial charge in [0.25, 0.3) is 5.92 Å². The number of hydrogen-bond donors (Lipinski definition) is 2. The van der Waals surface area contributed by atoms with Crippen LogP contribution in [0.2, 0.25) is 0 Å². The van der Waals surface area contributed by atoms with E-state index in [0.717, 1.165) is 25.7 Å². The third-order valence-corrected chi connectivity index (χ3v) is 2.79. The van der Waals surface area contributed by atoms with Gasteiger partial charge in [0, 0.05) is 6.42 Å². The molecule has 1 aliphatic carbocycles. The van der Waals surface area contributed by atoms with Gasteiger partial charge in [-0.3, -0.25) is 4.79 Å². The molecule has 1 fully saturated rings. The highest BCUT2D eigenvalue weighted by Gasteiger charge is 2.27. The number of nitrogens with one attached hydrogen (secondary N) is 1. The van der Waals surface area contributed by atoms with Crippen LogP contribution in [0.3, 0.4) is 0 Å². The number of alkyl halides is 2. The molecule has 1 saturated carbocycles. The van der Waals surface area contributed by atoms with Gasteiger partial charge in [0.2, 0.25) is 5.91 Å². The smallest absolute Gasteiger partial charge is 0.277 e. The summed E-state index contributed by atoms with van der Waals surface area (Å²) in [7, 11) is 0. The minimum Gasteiger partial charge on any atom is -0.350 e. The monoisotopic (exact) mass is 256 g/mol. The number of halogens is 3. The summed E-state index contributed by atoms with van der Waals surface area (Å²) >= 11 is 0. The van der Waals surface area contributed by atoms with E-state index in [0.29, 0.717) is 12.3 Å². The van der Waals surface area contributed by atoms with Crippen molar-refractivity contribution in [1.82, 2.24) is 5.32 Å². The Morgan fingerprint density at radius 3 is 2.44 bits per heavy atom. The van der Waals surface area contributed by atoms with Gasteiger partial charge in [-0.05, 0) is 18.8 Å². The lowest BCUT2D eigenvalue weighted by Crippen LogP contribution is -2.41. The van der Waals surface area contributed by atoms with E-state index in [1.807, 2.05) is 0 Å². The van der Waals surface area contributed by atoms with Crippen molar-refractivity contribution in [3.63, 3.8) is 0 Å². The molecule has 0 aliphatic heterocycles. The van der Waals surface area contributed by atoms with Crippen LogP contribution in [0.25, 0.3) is 0 Å². The fourth-order valence-corrected chi connectivity index (χ4v) is 1.85. The van der Waals surface area contributed by atoms with E-state index in [4.69, 9.17) is 5.73 Å². The van der Waals surface area contributed by atoms with Gasteiger partial charge in [0.05, 0.1) is 13.1 Å². The van der Waals surface area contributed by atoms with Gasteiger partial charge in [-0.2, -0.15) is 0 Å². The number of carbonyl (C=O) groups is 1. The van der Waals surface area contributed by atoms with Gasteiger partial charge in [-0.1, -0.05) is 12.8 Å². The SMILES string of the molecule is Cl.NCC(F)(F)CNC(=O)CC1CCCC1. The zero-order chi connectivity index (χ0) is 11.3. The maximum Gasteiger partial charge on any atom is 0.277 e. The highest BCUT2D eigenvalue weighted by molar-refractivity contribution is 5.85. The molecule has 0 saturated heterocycles. The lowest BCUT2D eigenvalue weighted by molar-refractivity contribution is -0.123. The molecule has 0 aromatic rings. The van der Waals surface area contributed by atoms with Crippen LogP contribution in [0.1, 0.15) is 32.1 Å². The van der Waals surface area contributed by atoms with Crippen LogP contribution in [-0.2, 0) is 4.79 Å². The first-order valence-corrected chi connectivity index (χ1v) is 5.38. The molecule has 0 spiro atoms. The molecule has 1 aliphatic rings. The minimum absolute atomic E-state index is 0. The Bertz CT molecular complexity index is 221. The first-order valence-electron chi connectivity index (χ1n) is 5.38. The highest BCUT2D eigenvalue weighted by atomic mass is 35.5. The first kappa shape index (κ1) is 15.6. The minimum atomic E-state index is -2.98. The maximum atomic E-state index is 12.7. The molecular formula is C10H19ClF2N2O. The molecule has 3 nitrogen and oxygen atoms in total. The molecule has 0 aromatic heterocycles. The van der Waals surface area contributed by atoms with Crippen molar-refractivity contribution < 1.29 is 13.6 Å². The summed E-state index contributed by atoms with van der Waals surface area (Å²) in [6.45, 7) is -1.37. The van der Waals surface area contributed by atoms with Crippen molar-refractivity contribution in [2.45, 2.75) is 38.0 Å². The molecule has 0 bridgehead atoms. The van der Waals surface area contributed by atoms with E-state index < -0.39 is 19.0 Å². The Labute approximate surface area is 101 Å². The average Bonchev–Trinajstić information content (AvgIpc) is 2.68. The Morgan fingerprint density at radius 1 is 1.38 bits per heavy atom. The first-order chi connectivity index (χ1) is 7.03. The zero-order valence-electron chi connectivity index (χ0n) is 9.18. The van der Waals surface area contributed by atoms with E-state index in [2.05, 4.69) is 5.32 Å². The number of carbonyl (C=O) groups excluding carboxylic acids is 1. The Balaban J connectivity index is 0.00000225. The van der Waals surface area contributed by atoms with Crippen molar-refractivity contribution in [2.24, 2.45) is 11.7 Å². The summed E-state index contributed by atoms with van der Waals surface area (Å²) in [5, 5.41) is 2.23. The van der Waals surface area contributed by atoms with Crippen LogP contribution in [-0.4, -0.2) is 24.9 Å². The van der Waals surface area contributed by atoms with Crippen LogP contribution in [0, 0.1) is 5.92 Å². The fraction of sp³-hybridized carbons (Fsp3) is 0.900. The van der Waals surface area contributed by atoms with E-state index >= 15 is 0 Å². The largest absolute Gasteiger partial charge is 0.350 e. The van der Waals surface area contributed by atoms with Crippen molar-refractivity contribution in [2.75, 3.05) is 13.1 Å². The second-order valence-electron chi connectivity index (χ2n) is 4.19. The molecule has 96 valence electrons. The summed E-state index contributed by atoms with van der Waals surface area (Å²) in [6.07, 6.45) is 4.76. The van der Waals surface area contributed by atoms with Crippen molar-refractivity contribution in [3.05, 3.63) is 0 Å². The predicted molar refractivity (Wildman–Crippen MR) is 60.8 cm³/mol. The summed E-state index contributed by atoms with van der Waals surface area (Å²) in [4.78, 5) is 11.3. The van der Waals surface area contributed by atoms with Crippen molar-refractivity contribution in [1.29, 1.82) is 0 Å². The van der Waals surface area contributed by atoms with E-state index in [1.54, 1.807) is 0 Å². The highest BCUT2D eigenvalue weighted by Crippen LogP contribution is 2.27. The second-order valence-corrected chi connectivity index (χ2v) is 4.19. The second kappa shape index (κ2) is 7.01. The topological polar surface area (TPSA) is 55.1 Å². The molecule has 1 rings (SSSR count). The Morgan fingerprint density at radius 2 is 1.94 bits per heavy atom. The van der Waals surface area contributed by atoms with Crippen LogP contribution in [0.4, 0.5) is 8.78 Å². The Hall–Kier alpha value is -0.420. The van der Waals surface area contributed by atoms with Crippen LogP contribution < -0.4 is 11.1 Å². The summed E-state index contributed by atoms with van der Waals surface area (Å²) in [5.41, 5.74) is 4.85. The number of hydrogen-bond acceptors (Lipinski definition) is 2. The Kier molecular flexibility index (Phi) is 6.83. The lowest BCUT2D eigenvalue weighted by atomic mass is 10.0. The van der Waals surface area contributed by atoms with Gasteiger partial charge in [0.1, 0.15) is 0 Å². The molecule has 0 unspecified atom stereocenters. The quantitative estimate of drug-likeness (QED) is 0.787. The summed E-state index contributed by atoms with van der Waals surface area (Å²) in [6, 6.07) is 0. The predicted octanol–water partition coefficient (Wildman–Crippen LogP) is 1.70. The van der Waals surface area contributed by atoms with Crippen LogP contribution in [0.5, 0.6) is 0 Å². The third kappa shape index (κ3) is 5.61. The number of rotatable bonds is 5. The zero-order valence-corrected chi connectivity index (χ0v) is 9.99. The van der Waals surface area contributed by atoms with Crippen molar-refractivity contribution >= 4 is 18.3 Å². The molecule has 0 heterocycles. The lowest BCUT2D eigenvalue weighted by Gasteiger charge is -2.15. The van der Waals surface area contributed by atoms with Gasteiger partial charge >= 0.3 is 0 Å². The normalized spacial score (nSPS) is 16.9. The average molecular weight is 257 g/mol. The molecular weight excluding hydrogens is 238 g/mol. The van der Waals surface area contributed by atoms with E-state index in [1.165, 1.54) is 0 Å². The van der Waals surface area contributed by atoms with Crippen LogP contribution in [0.15, 0.2) is 0 Å². The van der Waals surface area contributed by atoms with Gasteiger partial charge in [-0.15, -0.1) is 12.4 Å². The maximum absolute atomic E-state index is 12.7. The van der Waals surface area contributed by atoms with Crippen molar-refractivity contribution in [3.8, 4) is 0 Å². The molecule has 3 N–H and O–H groups in total. The number of nitrogens with two attached hydrogens (primary N) is 1. The number of amides is 1. The molecule has 0 aromatic carbocycles. The third-order valence-electron chi connectivity index (χ3n) is 2.79. The van der Waals surface area contributed by atoms with Gasteiger partial charge < -0.3 is 11.1 Å². The summed E-state index contributed by atoms with van der Waals surface area (Å²) in [5.74, 6) is -2.88. The van der Waals surface area contributed by atoms with Gasteiger partial charge in [0.15, 0.2) is 0 Å². The van der Waals surface area contributed by atoms with E-state index in [9.17, 15) is 13.6 Å². The standard InChI is InChI=1S/C10H18F2N2O.ClH/c11-10(12,6-13)7-14-9(15)5-8-3-1-2-4-8;/h8H,1-7,13H2,(H,14,15);1H. The molecule has 6 heteroatoms. The summed E-state index contributed by atoms with van der Waals surface area (Å²) < 4.78 is 25.4. The molecule has 1 amide bonds. The van der Waals surface area contributed by atoms with Crippen LogP contribution >= 0.6 is 12.4 Å². The molecule has 0 radical (unpaired) electrons. The van der Waals surface area contributed by atoms with E-state index in [-0.39, 0.29) is 18.3 Å². The molecule has 0 atom stereocenters. The molecule has 16 heavy (non-hydrogen) atoms. The van der Waals surface area contributed by atoms with Gasteiger partial charge in [-0.25, -0.2) is 8.78 Å². The fourth-order valence-electron chi connectivity index (χ4n) is 1.85.